The molecule has 0 rings (SSSR count). The molecule has 0 radical (unpaired) electrons. The number of carbonyl (C=O) groups excluding carboxylic acids is 1. The van der Waals surface area contributed by atoms with E-state index in [4.69, 9.17) is 5.11 Å². The zero-order valence-electron chi connectivity index (χ0n) is 18.1. The number of ketones is 1. The van der Waals surface area contributed by atoms with Crippen LogP contribution in [0.1, 0.15) is 117 Å². The van der Waals surface area contributed by atoms with Crippen LogP contribution < -0.4 is 5.32 Å². The van der Waals surface area contributed by atoms with Crippen LogP contribution in [0.15, 0.2) is 0 Å². The molecular weight excluding hydrogens is 338 g/mol. The van der Waals surface area contributed by atoms with Crippen molar-refractivity contribution in [1.29, 1.82) is 0 Å². The highest BCUT2D eigenvalue weighted by atomic mass is 16.4. The lowest BCUT2D eigenvalue weighted by atomic mass is 10.0. The Morgan fingerprint density at radius 3 is 1.67 bits per heavy atom. The van der Waals surface area contributed by atoms with E-state index in [0.29, 0.717) is 6.42 Å². The van der Waals surface area contributed by atoms with Crippen molar-refractivity contribution in [2.75, 3.05) is 13.1 Å². The Kier molecular flexibility index (Phi) is 19.2. The van der Waals surface area contributed by atoms with Crippen LogP contribution in [-0.4, -0.2) is 29.9 Å². The molecule has 4 nitrogen and oxygen atoms in total. The van der Waals surface area contributed by atoms with Crippen molar-refractivity contribution in [3.63, 3.8) is 0 Å². The topological polar surface area (TPSA) is 66.4 Å². The summed E-state index contributed by atoms with van der Waals surface area (Å²) in [5.41, 5.74) is 0. The monoisotopic (exact) mass is 383 g/mol. The lowest BCUT2D eigenvalue weighted by molar-refractivity contribution is -0.143. The predicted molar refractivity (Wildman–Crippen MR) is 114 cm³/mol. The van der Waals surface area contributed by atoms with Gasteiger partial charge in [-0.25, -0.2) is 0 Å². The van der Waals surface area contributed by atoms with Gasteiger partial charge in [-0.15, -0.1) is 0 Å². The SMILES string of the molecule is CCCCCCCCCNCCCCCCCCCC(=O)CC(C)C(=O)O. The summed E-state index contributed by atoms with van der Waals surface area (Å²) in [6.45, 7) is 6.18. The van der Waals surface area contributed by atoms with Crippen LogP contribution in [0, 0.1) is 5.92 Å². The van der Waals surface area contributed by atoms with Crippen molar-refractivity contribution < 1.29 is 14.7 Å². The first-order valence-corrected chi connectivity index (χ1v) is 11.5. The minimum atomic E-state index is -0.875. The molecule has 0 amide bonds. The van der Waals surface area contributed by atoms with Crippen LogP contribution in [0.4, 0.5) is 0 Å². The summed E-state index contributed by atoms with van der Waals surface area (Å²) in [5, 5.41) is 12.3. The maximum absolute atomic E-state index is 11.6. The van der Waals surface area contributed by atoms with Crippen LogP contribution in [0.5, 0.6) is 0 Å². The van der Waals surface area contributed by atoms with Crippen molar-refractivity contribution in [2.24, 2.45) is 5.92 Å². The molecule has 2 N–H and O–H groups in total. The van der Waals surface area contributed by atoms with Gasteiger partial charge in [-0.2, -0.15) is 0 Å². The molecule has 0 aromatic heterocycles. The average Bonchev–Trinajstić information content (AvgIpc) is 2.64. The van der Waals surface area contributed by atoms with Crippen molar-refractivity contribution in [1.82, 2.24) is 5.32 Å². The molecule has 1 atom stereocenters. The van der Waals surface area contributed by atoms with Crippen molar-refractivity contribution in [3.05, 3.63) is 0 Å². The molecule has 0 aliphatic carbocycles. The summed E-state index contributed by atoms with van der Waals surface area (Å²) in [6, 6.07) is 0. The van der Waals surface area contributed by atoms with Gasteiger partial charge in [0, 0.05) is 12.8 Å². The van der Waals surface area contributed by atoms with Gasteiger partial charge in [0.15, 0.2) is 0 Å². The Morgan fingerprint density at radius 2 is 1.19 bits per heavy atom. The summed E-state index contributed by atoms with van der Waals surface area (Å²) in [6.07, 6.45) is 18.6. The average molecular weight is 384 g/mol. The molecule has 0 spiro atoms. The van der Waals surface area contributed by atoms with Crippen LogP contribution in [0.3, 0.4) is 0 Å². The summed E-state index contributed by atoms with van der Waals surface area (Å²) < 4.78 is 0. The molecule has 0 saturated carbocycles. The third-order valence-corrected chi connectivity index (χ3v) is 5.22. The van der Waals surface area contributed by atoms with E-state index in [9.17, 15) is 9.59 Å². The van der Waals surface area contributed by atoms with E-state index in [-0.39, 0.29) is 12.2 Å². The van der Waals surface area contributed by atoms with Gasteiger partial charge in [-0.3, -0.25) is 9.59 Å². The molecule has 0 aliphatic rings. The number of carboxylic acid groups (broad SMARTS) is 1. The molecule has 0 bridgehead atoms. The summed E-state index contributed by atoms with van der Waals surface area (Å²) in [5.74, 6) is -1.32. The molecule has 1 unspecified atom stereocenters. The first kappa shape index (κ1) is 26.1. The second kappa shape index (κ2) is 19.9. The summed E-state index contributed by atoms with van der Waals surface area (Å²) >= 11 is 0. The number of unbranched alkanes of at least 4 members (excludes halogenated alkanes) is 12. The fraction of sp³-hybridized carbons (Fsp3) is 0.913. The van der Waals surface area contributed by atoms with Gasteiger partial charge in [-0.1, -0.05) is 84.5 Å². The molecular formula is C23H45NO3. The van der Waals surface area contributed by atoms with Crippen LogP contribution in [0.25, 0.3) is 0 Å². The third-order valence-electron chi connectivity index (χ3n) is 5.22. The summed E-state index contributed by atoms with van der Waals surface area (Å²) in [7, 11) is 0. The van der Waals surface area contributed by atoms with Gasteiger partial charge in [-0.05, 0) is 32.4 Å². The fourth-order valence-corrected chi connectivity index (χ4v) is 3.32. The van der Waals surface area contributed by atoms with E-state index in [1.165, 1.54) is 83.6 Å². The normalized spacial score (nSPS) is 12.2. The number of carbonyl (C=O) groups is 2. The van der Waals surface area contributed by atoms with Gasteiger partial charge in [0.1, 0.15) is 5.78 Å². The second-order valence-corrected chi connectivity index (χ2v) is 8.08. The van der Waals surface area contributed by atoms with Gasteiger partial charge < -0.3 is 10.4 Å². The molecule has 0 heterocycles. The lowest BCUT2D eigenvalue weighted by Crippen LogP contribution is -2.16. The zero-order chi connectivity index (χ0) is 20.2. The minimum Gasteiger partial charge on any atom is -0.481 e. The van der Waals surface area contributed by atoms with Gasteiger partial charge in [0.25, 0.3) is 0 Å². The predicted octanol–water partition coefficient (Wildman–Crippen LogP) is 6.13. The van der Waals surface area contributed by atoms with E-state index in [2.05, 4.69) is 12.2 Å². The number of hydrogen-bond donors (Lipinski definition) is 2. The van der Waals surface area contributed by atoms with Crippen molar-refractivity contribution in [3.8, 4) is 0 Å². The quantitative estimate of drug-likeness (QED) is 0.234. The Labute approximate surface area is 167 Å². The first-order chi connectivity index (χ1) is 13.1. The van der Waals surface area contributed by atoms with Crippen LogP contribution in [-0.2, 0) is 9.59 Å². The Morgan fingerprint density at radius 1 is 0.741 bits per heavy atom. The first-order valence-electron chi connectivity index (χ1n) is 11.5. The van der Waals surface area contributed by atoms with Crippen molar-refractivity contribution >= 4 is 11.8 Å². The van der Waals surface area contributed by atoms with Gasteiger partial charge in [0.2, 0.25) is 0 Å². The van der Waals surface area contributed by atoms with E-state index < -0.39 is 11.9 Å². The number of nitrogens with one attached hydrogen (secondary N) is 1. The molecule has 0 saturated heterocycles. The molecule has 27 heavy (non-hydrogen) atoms. The maximum atomic E-state index is 11.6. The largest absolute Gasteiger partial charge is 0.481 e. The molecule has 0 aromatic carbocycles. The van der Waals surface area contributed by atoms with Crippen LogP contribution >= 0.6 is 0 Å². The number of carboxylic acids is 1. The molecule has 0 aromatic rings. The fourth-order valence-electron chi connectivity index (χ4n) is 3.32. The Balaban J connectivity index is 3.17. The third kappa shape index (κ3) is 19.7. The smallest absolute Gasteiger partial charge is 0.306 e. The molecule has 160 valence electrons. The minimum absolute atomic E-state index is 0.0944. The van der Waals surface area contributed by atoms with E-state index in [1.807, 2.05) is 0 Å². The number of aliphatic carboxylic acids is 1. The van der Waals surface area contributed by atoms with E-state index in [0.717, 1.165) is 19.4 Å². The second-order valence-electron chi connectivity index (χ2n) is 8.08. The molecule has 0 aliphatic heterocycles. The van der Waals surface area contributed by atoms with E-state index >= 15 is 0 Å². The lowest BCUT2D eigenvalue weighted by Gasteiger charge is -2.06. The van der Waals surface area contributed by atoms with Crippen molar-refractivity contribution in [2.45, 2.75) is 117 Å². The van der Waals surface area contributed by atoms with Gasteiger partial charge in [0.05, 0.1) is 5.92 Å². The number of Topliss-reactive ketones (excluding diaryl/α,β-unsaturated/α-hetero) is 1. The summed E-state index contributed by atoms with van der Waals surface area (Å²) in [4.78, 5) is 22.4. The highest BCUT2D eigenvalue weighted by Gasteiger charge is 2.14. The maximum Gasteiger partial charge on any atom is 0.306 e. The zero-order valence-corrected chi connectivity index (χ0v) is 18.1. The van der Waals surface area contributed by atoms with E-state index in [1.54, 1.807) is 6.92 Å². The van der Waals surface area contributed by atoms with Gasteiger partial charge >= 0.3 is 5.97 Å². The standard InChI is InChI=1S/C23H45NO3/c1-3-4-5-6-9-12-15-18-24-19-16-13-10-7-8-11-14-17-22(25)20-21(2)23(26)27/h21,24H,3-20H2,1-2H3,(H,26,27). The molecule has 0 fully saturated rings. The number of rotatable bonds is 21. The Bertz CT molecular complexity index is 358. The van der Waals surface area contributed by atoms with Crippen LogP contribution in [0.2, 0.25) is 0 Å². The Hall–Kier alpha value is -0.900. The number of hydrogen-bond acceptors (Lipinski definition) is 3. The highest BCUT2D eigenvalue weighted by Crippen LogP contribution is 2.11. The molecule has 4 heteroatoms. The highest BCUT2D eigenvalue weighted by molar-refractivity contribution is 5.83.